The monoisotopic (exact) mass is 310 g/mol. The van der Waals surface area contributed by atoms with Crippen LogP contribution < -0.4 is 0 Å². The molecule has 2 heterocycles. The molecule has 0 aromatic heterocycles. The Labute approximate surface area is 99.9 Å². The molecule has 2 fully saturated rings. The molecular weight excluding hydrogens is 291 g/mol. The van der Waals surface area contributed by atoms with Crippen molar-refractivity contribution < 1.29 is 9.47 Å². The van der Waals surface area contributed by atoms with Crippen LogP contribution in [0.15, 0.2) is 0 Å². The molecule has 2 aliphatic heterocycles. The van der Waals surface area contributed by atoms with Crippen molar-refractivity contribution in [2.75, 3.05) is 4.43 Å². The molecule has 0 bridgehead atoms. The summed E-state index contributed by atoms with van der Waals surface area (Å²) in [5.41, 5.74) is 0. The van der Waals surface area contributed by atoms with E-state index >= 15 is 0 Å². The Balaban J connectivity index is 1.84. The third-order valence-corrected chi connectivity index (χ3v) is 4.22. The van der Waals surface area contributed by atoms with Crippen LogP contribution in [0.3, 0.4) is 0 Å². The minimum atomic E-state index is 0.383. The van der Waals surface area contributed by atoms with Gasteiger partial charge in [0.05, 0.1) is 24.4 Å². The van der Waals surface area contributed by atoms with Crippen LogP contribution in [0.25, 0.3) is 0 Å². The Hall–Kier alpha value is 0.650. The molecule has 14 heavy (non-hydrogen) atoms. The van der Waals surface area contributed by atoms with Gasteiger partial charge in [0, 0.05) is 4.43 Å². The van der Waals surface area contributed by atoms with Gasteiger partial charge in [-0.25, -0.2) is 0 Å². The van der Waals surface area contributed by atoms with E-state index in [2.05, 4.69) is 29.5 Å². The normalized spacial score (nSPS) is 44.1. The van der Waals surface area contributed by atoms with Crippen LogP contribution in [-0.2, 0) is 9.47 Å². The summed E-state index contributed by atoms with van der Waals surface area (Å²) in [7, 11) is 0. The zero-order valence-corrected chi connectivity index (χ0v) is 10.9. The molecule has 0 amide bonds. The molecule has 82 valence electrons. The number of halogens is 1. The zero-order chi connectivity index (χ0) is 9.97. The highest BCUT2D eigenvalue weighted by molar-refractivity contribution is 14.1. The van der Waals surface area contributed by atoms with Crippen LogP contribution in [0.2, 0.25) is 0 Å². The van der Waals surface area contributed by atoms with Gasteiger partial charge < -0.3 is 9.47 Å². The average molecular weight is 310 g/mol. The van der Waals surface area contributed by atoms with Crippen LogP contribution in [-0.4, -0.2) is 28.8 Å². The highest BCUT2D eigenvalue weighted by Crippen LogP contribution is 2.30. The Morgan fingerprint density at radius 1 is 1.07 bits per heavy atom. The van der Waals surface area contributed by atoms with Gasteiger partial charge in [0.15, 0.2) is 0 Å². The van der Waals surface area contributed by atoms with E-state index in [0.29, 0.717) is 24.4 Å². The van der Waals surface area contributed by atoms with Gasteiger partial charge in [-0.05, 0) is 39.0 Å². The van der Waals surface area contributed by atoms with Crippen molar-refractivity contribution in [1.82, 2.24) is 0 Å². The average Bonchev–Trinajstić information content (AvgIpc) is 2.65. The largest absolute Gasteiger partial charge is 0.373 e. The molecular formula is C11H19IO2. The fraction of sp³-hybridized carbons (Fsp3) is 1.00. The summed E-state index contributed by atoms with van der Waals surface area (Å²) in [4.78, 5) is 0. The van der Waals surface area contributed by atoms with Crippen molar-refractivity contribution in [2.24, 2.45) is 0 Å². The van der Waals surface area contributed by atoms with E-state index in [9.17, 15) is 0 Å². The molecule has 0 radical (unpaired) electrons. The Morgan fingerprint density at radius 2 is 1.86 bits per heavy atom. The van der Waals surface area contributed by atoms with E-state index < -0.39 is 0 Å². The van der Waals surface area contributed by atoms with E-state index in [1.54, 1.807) is 0 Å². The van der Waals surface area contributed by atoms with E-state index in [-0.39, 0.29) is 0 Å². The summed E-state index contributed by atoms with van der Waals surface area (Å²) in [5.74, 6) is 0. The Kier molecular flexibility index (Phi) is 4.08. The maximum absolute atomic E-state index is 6.04. The highest BCUT2D eigenvalue weighted by atomic mass is 127. The SMILES string of the molecule is CC1CCC(C2CCCC(CI)O2)O1. The van der Waals surface area contributed by atoms with Gasteiger partial charge in [-0.1, -0.05) is 22.6 Å². The van der Waals surface area contributed by atoms with Gasteiger partial charge in [0.2, 0.25) is 0 Å². The smallest absolute Gasteiger partial charge is 0.0841 e. The molecule has 4 atom stereocenters. The number of alkyl halides is 1. The first-order valence-corrected chi connectivity index (χ1v) is 7.19. The lowest BCUT2D eigenvalue weighted by atomic mass is 9.99. The van der Waals surface area contributed by atoms with E-state index in [4.69, 9.17) is 9.47 Å². The first kappa shape index (κ1) is 11.1. The van der Waals surface area contributed by atoms with Crippen molar-refractivity contribution in [3.05, 3.63) is 0 Å². The second-order valence-electron chi connectivity index (χ2n) is 4.44. The fourth-order valence-electron chi connectivity index (χ4n) is 2.42. The molecule has 0 aromatic carbocycles. The molecule has 0 saturated carbocycles. The number of hydrogen-bond donors (Lipinski definition) is 0. The molecule has 2 saturated heterocycles. The first-order valence-electron chi connectivity index (χ1n) is 5.66. The van der Waals surface area contributed by atoms with Crippen molar-refractivity contribution in [2.45, 2.75) is 63.4 Å². The molecule has 0 aliphatic carbocycles. The fourth-order valence-corrected chi connectivity index (χ4v) is 3.07. The van der Waals surface area contributed by atoms with Crippen LogP contribution in [0.1, 0.15) is 39.0 Å². The van der Waals surface area contributed by atoms with Gasteiger partial charge in [-0.15, -0.1) is 0 Å². The lowest BCUT2D eigenvalue weighted by molar-refractivity contribution is -0.111. The lowest BCUT2D eigenvalue weighted by Crippen LogP contribution is -2.37. The predicted molar refractivity (Wildman–Crippen MR) is 65.0 cm³/mol. The molecule has 3 heteroatoms. The summed E-state index contributed by atoms with van der Waals surface area (Å²) in [5, 5.41) is 0. The minimum absolute atomic E-state index is 0.383. The third kappa shape index (κ3) is 2.61. The predicted octanol–water partition coefficient (Wildman–Crippen LogP) is 2.93. The summed E-state index contributed by atoms with van der Waals surface area (Å²) in [6.45, 7) is 2.17. The Bertz CT molecular complexity index is 186. The van der Waals surface area contributed by atoms with Gasteiger partial charge in [0.1, 0.15) is 0 Å². The summed E-state index contributed by atoms with van der Waals surface area (Å²) >= 11 is 2.42. The zero-order valence-electron chi connectivity index (χ0n) is 8.75. The maximum atomic E-state index is 6.04. The second-order valence-corrected chi connectivity index (χ2v) is 5.33. The molecule has 0 spiro atoms. The van der Waals surface area contributed by atoms with Crippen molar-refractivity contribution in [3.63, 3.8) is 0 Å². The maximum Gasteiger partial charge on any atom is 0.0841 e. The topological polar surface area (TPSA) is 18.5 Å². The molecule has 2 nitrogen and oxygen atoms in total. The molecule has 2 rings (SSSR count). The molecule has 2 aliphatic rings. The molecule has 0 N–H and O–H groups in total. The van der Waals surface area contributed by atoms with Crippen LogP contribution in [0.4, 0.5) is 0 Å². The number of rotatable bonds is 2. The molecule has 0 aromatic rings. The van der Waals surface area contributed by atoms with Gasteiger partial charge >= 0.3 is 0 Å². The number of ether oxygens (including phenoxy) is 2. The first-order chi connectivity index (χ1) is 6.79. The van der Waals surface area contributed by atoms with E-state index in [0.717, 1.165) is 4.43 Å². The summed E-state index contributed by atoms with van der Waals surface area (Å²) in [6.07, 6.45) is 7.85. The van der Waals surface area contributed by atoms with Gasteiger partial charge in [-0.3, -0.25) is 0 Å². The molecule has 4 unspecified atom stereocenters. The van der Waals surface area contributed by atoms with Crippen LogP contribution in [0, 0.1) is 0 Å². The van der Waals surface area contributed by atoms with Crippen molar-refractivity contribution in [3.8, 4) is 0 Å². The van der Waals surface area contributed by atoms with E-state index in [1.807, 2.05) is 0 Å². The van der Waals surface area contributed by atoms with E-state index in [1.165, 1.54) is 32.1 Å². The third-order valence-electron chi connectivity index (χ3n) is 3.23. The minimum Gasteiger partial charge on any atom is -0.373 e. The highest BCUT2D eigenvalue weighted by Gasteiger charge is 2.33. The summed E-state index contributed by atoms with van der Waals surface area (Å²) in [6, 6.07) is 0. The lowest BCUT2D eigenvalue weighted by Gasteiger charge is -2.32. The summed E-state index contributed by atoms with van der Waals surface area (Å²) < 4.78 is 13.0. The quantitative estimate of drug-likeness (QED) is 0.577. The van der Waals surface area contributed by atoms with Crippen molar-refractivity contribution in [1.29, 1.82) is 0 Å². The standard InChI is InChI=1S/C11H19IO2/c1-8-5-6-11(13-8)10-4-2-3-9(7-12)14-10/h8-11H,2-7H2,1H3. The van der Waals surface area contributed by atoms with Crippen LogP contribution >= 0.6 is 22.6 Å². The van der Waals surface area contributed by atoms with Crippen molar-refractivity contribution >= 4 is 22.6 Å². The van der Waals surface area contributed by atoms with Gasteiger partial charge in [-0.2, -0.15) is 0 Å². The van der Waals surface area contributed by atoms with Crippen LogP contribution in [0.5, 0.6) is 0 Å². The number of hydrogen-bond acceptors (Lipinski definition) is 2. The Morgan fingerprint density at radius 3 is 2.50 bits per heavy atom. The second kappa shape index (κ2) is 5.12. The van der Waals surface area contributed by atoms with Gasteiger partial charge in [0.25, 0.3) is 0 Å².